The average Bonchev–Trinajstić information content (AvgIpc) is 2.24. The van der Waals surface area contributed by atoms with E-state index in [1.54, 1.807) is 19.1 Å². The van der Waals surface area contributed by atoms with Gasteiger partial charge in [0.25, 0.3) is 0 Å². The highest BCUT2D eigenvalue weighted by molar-refractivity contribution is 5.62. The molecule has 0 saturated heterocycles. The first kappa shape index (κ1) is 12.6. The normalized spacial score (nSPS) is 12.2. The second-order valence-corrected chi connectivity index (χ2v) is 3.56. The second kappa shape index (κ2) is 6.19. The van der Waals surface area contributed by atoms with Crippen molar-refractivity contribution in [2.75, 3.05) is 30.8 Å². The van der Waals surface area contributed by atoms with Crippen molar-refractivity contribution < 1.29 is 14.9 Å². The van der Waals surface area contributed by atoms with Crippen molar-refractivity contribution in [3.05, 3.63) is 18.2 Å². The zero-order chi connectivity index (χ0) is 12.0. The molecule has 0 bridgehead atoms. The summed E-state index contributed by atoms with van der Waals surface area (Å²) in [6.45, 7) is 2.41. The molecule has 0 aliphatic rings. The molecule has 5 N–H and O–H groups in total. The number of ether oxygens (including phenoxy) is 1. The van der Waals surface area contributed by atoms with Gasteiger partial charge in [-0.05, 0) is 25.1 Å². The number of nitrogens with two attached hydrogens (primary N) is 1. The van der Waals surface area contributed by atoms with Gasteiger partial charge in [-0.1, -0.05) is 0 Å². The molecule has 0 spiro atoms. The minimum atomic E-state index is -0.522. The van der Waals surface area contributed by atoms with Crippen LogP contribution in [-0.2, 0) is 0 Å². The van der Waals surface area contributed by atoms with Gasteiger partial charge in [0, 0.05) is 12.2 Å². The van der Waals surface area contributed by atoms with E-state index >= 15 is 0 Å². The summed E-state index contributed by atoms with van der Waals surface area (Å²) in [4.78, 5) is 0. The Labute approximate surface area is 94.8 Å². The molecule has 0 aromatic heterocycles. The Morgan fingerprint density at radius 2 is 2.25 bits per heavy atom. The maximum absolute atomic E-state index is 9.07. The quantitative estimate of drug-likeness (QED) is 0.528. The van der Waals surface area contributed by atoms with Gasteiger partial charge in [-0.15, -0.1) is 0 Å². The third kappa shape index (κ3) is 3.96. The highest BCUT2D eigenvalue weighted by Crippen LogP contribution is 2.25. The molecule has 0 heterocycles. The maximum Gasteiger partial charge on any atom is 0.142 e. The molecular weight excluding hydrogens is 208 g/mol. The fourth-order valence-electron chi connectivity index (χ4n) is 1.20. The molecule has 90 valence electrons. The molecule has 1 atom stereocenters. The van der Waals surface area contributed by atoms with Gasteiger partial charge in [0.2, 0.25) is 0 Å². The van der Waals surface area contributed by atoms with Crippen LogP contribution in [0.25, 0.3) is 0 Å². The van der Waals surface area contributed by atoms with Crippen LogP contribution >= 0.6 is 0 Å². The van der Waals surface area contributed by atoms with Crippen molar-refractivity contribution in [3.63, 3.8) is 0 Å². The molecule has 0 radical (unpaired) electrons. The highest BCUT2D eigenvalue weighted by Gasteiger charge is 2.03. The van der Waals surface area contributed by atoms with E-state index in [0.717, 1.165) is 5.69 Å². The van der Waals surface area contributed by atoms with Crippen LogP contribution in [0.5, 0.6) is 5.75 Å². The number of nitrogens with one attached hydrogen (secondary N) is 1. The van der Waals surface area contributed by atoms with E-state index in [9.17, 15) is 0 Å². The summed E-state index contributed by atoms with van der Waals surface area (Å²) in [6, 6.07) is 5.27. The van der Waals surface area contributed by atoms with Crippen LogP contribution in [0.4, 0.5) is 11.4 Å². The molecular formula is C11H18N2O3. The molecule has 5 heteroatoms. The summed E-state index contributed by atoms with van der Waals surface area (Å²) in [5, 5.41) is 20.7. The summed E-state index contributed by atoms with van der Waals surface area (Å²) < 4.78 is 5.31. The lowest BCUT2D eigenvalue weighted by Gasteiger charge is -2.12. The molecule has 1 rings (SSSR count). The SMILES string of the molecule is CC(O)COc1ccc(NCCO)cc1N. The zero-order valence-electron chi connectivity index (χ0n) is 9.31. The average molecular weight is 226 g/mol. The van der Waals surface area contributed by atoms with Gasteiger partial charge in [0.05, 0.1) is 18.4 Å². The first-order chi connectivity index (χ1) is 7.63. The Kier molecular flexibility index (Phi) is 4.88. The number of benzene rings is 1. The van der Waals surface area contributed by atoms with Crippen molar-refractivity contribution in [1.82, 2.24) is 0 Å². The van der Waals surface area contributed by atoms with Gasteiger partial charge < -0.3 is 26.0 Å². The minimum Gasteiger partial charge on any atom is -0.489 e. The Hall–Kier alpha value is -1.46. The Morgan fingerprint density at radius 1 is 1.50 bits per heavy atom. The largest absolute Gasteiger partial charge is 0.489 e. The fourth-order valence-corrected chi connectivity index (χ4v) is 1.20. The van der Waals surface area contributed by atoms with E-state index in [0.29, 0.717) is 18.0 Å². The fraction of sp³-hybridized carbons (Fsp3) is 0.455. The second-order valence-electron chi connectivity index (χ2n) is 3.56. The zero-order valence-corrected chi connectivity index (χ0v) is 9.31. The number of hydrogen-bond donors (Lipinski definition) is 4. The van der Waals surface area contributed by atoms with E-state index < -0.39 is 6.10 Å². The lowest BCUT2D eigenvalue weighted by Crippen LogP contribution is -2.13. The minimum absolute atomic E-state index is 0.0696. The number of aliphatic hydroxyl groups excluding tert-OH is 2. The van der Waals surface area contributed by atoms with Gasteiger partial charge in [-0.3, -0.25) is 0 Å². The smallest absolute Gasteiger partial charge is 0.142 e. The standard InChI is InChI=1S/C11H18N2O3/c1-8(15)7-16-11-3-2-9(6-10(11)12)13-4-5-14/h2-3,6,8,13-15H,4-5,7,12H2,1H3. The van der Waals surface area contributed by atoms with Crippen molar-refractivity contribution in [2.45, 2.75) is 13.0 Å². The molecule has 0 saturated carbocycles. The summed E-state index contributed by atoms with van der Waals surface area (Å²) in [5.74, 6) is 0.551. The monoisotopic (exact) mass is 226 g/mol. The van der Waals surface area contributed by atoms with Crippen molar-refractivity contribution >= 4 is 11.4 Å². The Balaban J connectivity index is 2.60. The van der Waals surface area contributed by atoms with E-state index in [1.807, 2.05) is 6.07 Å². The number of nitrogen functional groups attached to an aromatic ring is 1. The third-order valence-corrected chi connectivity index (χ3v) is 1.93. The van der Waals surface area contributed by atoms with Crippen molar-refractivity contribution in [3.8, 4) is 5.75 Å². The van der Waals surface area contributed by atoms with Crippen molar-refractivity contribution in [1.29, 1.82) is 0 Å². The first-order valence-electron chi connectivity index (χ1n) is 5.18. The molecule has 0 aliphatic carbocycles. The van der Waals surface area contributed by atoms with Gasteiger partial charge in [-0.2, -0.15) is 0 Å². The first-order valence-corrected chi connectivity index (χ1v) is 5.18. The van der Waals surface area contributed by atoms with Gasteiger partial charge in [-0.25, -0.2) is 0 Å². The number of anilines is 2. The molecule has 0 amide bonds. The lowest BCUT2D eigenvalue weighted by atomic mass is 10.2. The topological polar surface area (TPSA) is 87.7 Å². The summed E-state index contributed by atoms with van der Waals surface area (Å²) >= 11 is 0. The predicted octanol–water partition coefficient (Wildman–Crippen LogP) is 0.433. The van der Waals surface area contributed by atoms with Gasteiger partial charge in [0.15, 0.2) is 0 Å². The molecule has 1 aromatic rings. The number of aliphatic hydroxyl groups is 2. The Morgan fingerprint density at radius 3 is 2.81 bits per heavy atom. The molecule has 0 aliphatic heterocycles. The molecule has 1 unspecified atom stereocenters. The van der Waals surface area contributed by atoms with E-state index in [-0.39, 0.29) is 13.2 Å². The molecule has 1 aromatic carbocycles. The summed E-state index contributed by atoms with van der Waals surface area (Å²) in [5.41, 5.74) is 7.10. The lowest BCUT2D eigenvalue weighted by molar-refractivity contribution is 0.123. The van der Waals surface area contributed by atoms with Crippen LogP contribution in [0.3, 0.4) is 0 Å². The number of rotatable bonds is 6. The van der Waals surface area contributed by atoms with E-state index in [1.165, 1.54) is 0 Å². The van der Waals surface area contributed by atoms with Crippen LogP contribution in [-0.4, -0.2) is 36.1 Å². The van der Waals surface area contributed by atoms with E-state index in [2.05, 4.69) is 5.32 Å². The molecule has 5 nitrogen and oxygen atoms in total. The molecule has 0 fully saturated rings. The van der Waals surface area contributed by atoms with E-state index in [4.69, 9.17) is 20.7 Å². The highest BCUT2D eigenvalue weighted by atomic mass is 16.5. The van der Waals surface area contributed by atoms with Crippen LogP contribution in [0, 0.1) is 0 Å². The summed E-state index contributed by atoms with van der Waals surface area (Å²) in [6.07, 6.45) is -0.522. The van der Waals surface area contributed by atoms with Gasteiger partial charge >= 0.3 is 0 Å². The van der Waals surface area contributed by atoms with Gasteiger partial charge in [0.1, 0.15) is 12.4 Å². The predicted molar refractivity (Wildman–Crippen MR) is 63.6 cm³/mol. The molecule has 16 heavy (non-hydrogen) atoms. The van der Waals surface area contributed by atoms with Crippen LogP contribution in [0.2, 0.25) is 0 Å². The van der Waals surface area contributed by atoms with Crippen molar-refractivity contribution in [2.24, 2.45) is 0 Å². The third-order valence-electron chi connectivity index (χ3n) is 1.93. The van der Waals surface area contributed by atoms with Crippen LogP contribution in [0.15, 0.2) is 18.2 Å². The van der Waals surface area contributed by atoms with Crippen LogP contribution in [0.1, 0.15) is 6.92 Å². The van der Waals surface area contributed by atoms with Crippen LogP contribution < -0.4 is 15.8 Å². The summed E-state index contributed by atoms with van der Waals surface area (Å²) in [7, 11) is 0. The number of hydrogen-bond acceptors (Lipinski definition) is 5. The Bertz CT molecular complexity index is 329. The maximum atomic E-state index is 9.07.